The van der Waals surface area contributed by atoms with E-state index in [2.05, 4.69) is 56.0 Å². The minimum Gasteiger partial charge on any atom is -0.464 e. The Morgan fingerprint density at radius 1 is 1.03 bits per heavy atom. The molecular formula is C24H23N7O. The average molecular weight is 425 g/mol. The van der Waals surface area contributed by atoms with Gasteiger partial charge in [0, 0.05) is 29.9 Å². The highest BCUT2D eigenvalue weighted by Crippen LogP contribution is 2.24. The molecule has 1 aliphatic rings. The fourth-order valence-electron chi connectivity index (χ4n) is 3.83. The molecule has 0 unspecified atom stereocenters. The van der Waals surface area contributed by atoms with Gasteiger partial charge in [0.15, 0.2) is 5.96 Å². The summed E-state index contributed by atoms with van der Waals surface area (Å²) in [5, 5.41) is 14.4. The molecule has 0 amide bonds. The van der Waals surface area contributed by atoms with Crippen LogP contribution in [0.3, 0.4) is 0 Å². The molecule has 0 spiro atoms. The van der Waals surface area contributed by atoms with Gasteiger partial charge in [-0.1, -0.05) is 42.5 Å². The molecule has 8 heteroatoms. The number of nitrogens with one attached hydrogen (secondary N) is 1. The summed E-state index contributed by atoms with van der Waals surface area (Å²) in [6, 6.07) is 20.3. The van der Waals surface area contributed by atoms with E-state index in [0.29, 0.717) is 24.9 Å². The van der Waals surface area contributed by atoms with Gasteiger partial charge in [-0.2, -0.15) is 5.21 Å². The number of aromatic amines is 1. The predicted octanol–water partition coefficient (Wildman–Crippen LogP) is 3.77. The SMILES string of the molecule is NC1=NC(CCc2cccc(-c3ccco3)c2)=CCN1Cc1ccccc1-c1nn[nH]n1. The molecule has 0 aliphatic carbocycles. The molecule has 8 nitrogen and oxygen atoms in total. The molecule has 3 N–H and O–H groups in total. The molecule has 0 radical (unpaired) electrons. The van der Waals surface area contributed by atoms with Crippen LogP contribution < -0.4 is 5.73 Å². The van der Waals surface area contributed by atoms with Gasteiger partial charge in [-0.3, -0.25) is 0 Å². The summed E-state index contributed by atoms with van der Waals surface area (Å²) in [6.45, 7) is 1.33. The smallest absolute Gasteiger partial charge is 0.205 e. The van der Waals surface area contributed by atoms with E-state index in [0.717, 1.165) is 41.0 Å². The number of allylic oxidation sites excluding steroid dienone is 1. The van der Waals surface area contributed by atoms with Gasteiger partial charge in [0.05, 0.1) is 6.26 Å². The molecule has 0 saturated carbocycles. The third kappa shape index (κ3) is 4.29. The number of furan rings is 1. The van der Waals surface area contributed by atoms with Crippen LogP contribution in [0.2, 0.25) is 0 Å². The van der Waals surface area contributed by atoms with Crippen LogP contribution in [0.25, 0.3) is 22.7 Å². The van der Waals surface area contributed by atoms with Crippen molar-refractivity contribution in [2.45, 2.75) is 19.4 Å². The Balaban J connectivity index is 1.23. The number of nitrogens with two attached hydrogens (primary N) is 1. The Morgan fingerprint density at radius 3 is 2.78 bits per heavy atom. The first-order chi connectivity index (χ1) is 15.8. The van der Waals surface area contributed by atoms with Gasteiger partial charge in [0.1, 0.15) is 5.76 Å². The fourth-order valence-corrected chi connectivity index (χ4v) is 3.83. The maximum absolute atomic E-state index is 6.32. The third-order valence-electron chi connectivity index (χ3n) is 5.50. The third-order valence-corrected chi connectivity index (χ3v) is 5.50. The largest absolute Gasteiger partial charge is 0.464 e. The lowest BCUT2D eigenvalue weighted by molar-refractivity contribution is 0.442. The Labute approximate surface area is 185 Å². The van der Waals surface area contributed by atoms with Crippen molar-refractivity contribution in [1.82, 2.24) is 25.5 Å². The van der Waals surface area contributed by atoms with E-state index in [1.165, 1.54) is 5.56 Å². The maximum Gasteiger partial charge on any atom is 0.205 e. The fraction of sp³-hybridized carbons (Fsp3) is 0.167. The monoisotopic (exact) mass is 425 g/mol. The molecule has 0 atom stereocenters. The number of aromatic nitrogens is 4. The normalized spacial score (nSPS) is 13.7. The van der Waals surface area contributed by atoms with E-state index in [4.69, 9.17) is 10.2 Å². The van der Waals surface area contributed by atoms with Gasteiger partial charge in [0.2, 0.25) is 5.82 Å². The molecule has 2 aromatic carbocycles. The zero-order valence-electron chi connectivity index (χ0n) is 17.5. The molecule has 160 valence electrons. The summed E-state index contributed by atoms with van der Waals surface area (Å²) in [4.78, 5) is 6.69. The molecule has 1 aliphatic heterocycles. The summed E-state index contributed by atoms with van der Waals surface area (Å²) in [7, 11) is 0. The van der Waals surface area contributed by atoms with Crippen LogP contribution in [0.5, 0.6) is 0 Å². The molecular weight excluding hydrogens is 402 g/mol. The van der Waals surface area contributed by atoms with E-state index in [9.17, 15) is 0 Å². The minimum absolute atomic E-state index is 0.523. The summed E-state index contributed by atoms with van der Waals surface area (Å²) >= 11 is 0. The summed E-state index contributed by atoms with van der Waals surface area (Å²) in [5.74, 6) is 1.97. The van der Waals surface area contributed by atoms with Crippen LogP contribution in [0.15, 0.2) is 88.1 Å². The Morgan fingerprint density at radius 2 is 1.97 bits per heavy atom. The van der Waals surface area contributed by atoms with Crippen molar-refractivity contribution in [1.29, 1.82) is 0 Å². The van der Waals surface area contributed by atoms with Crippen LogP contribution >= 0.6 is 0 Å². The number of hydrogen-bond donors (Lipinski definition) is 2. The van der Waals surface area contributed by atoms with E-state index in [1.807, 2.05) is 41.3 Å². The minimum atomic E-state index is 0.523. The number of hydrogen-bond acceptors (Lipinski definition) is 7. The average Bonchev–Trinajstić information content (AvgIpc) is 3.55. The first-order valence-corrected chi connectivity index (χ1v) is 10.5. The molecule has 4 aromatic rings. The van der Waals surface area contributed by atoms with Crippen LogP contribution in [0, 0.1) is 0 Å². The van der Waals surface area contributed by atoms with E-state index in [-0.39, 0.29) is 0 Å². The second-order valence-electron chi connectivity index (χ2n) is 7.62. The number of benzene rings is 2. The van der Waals surface area contributed by atoms with Crippen molar-refractivity contribution in [3.05, 3.63) is 89.8 Å². The van der Waals surface area contributed by atoms with Crippen molar-refractivity contribution in [3.63, 3.8) is 0 Å². The first kappa shape index (κ1) is 19.7. The number of H-pyrrole nitrogens is 1. The van der Waals surface area contributed by atoms with Crippen LogP contribution in [-0.2, 0) is 13.0 Å². The van der Waals surface area contributed by atoms with Crippen molar-refractivity contribution in [2.75, 3.05) is 6.54 Å². The Hall–Kier alpha value is -4.20. The molecule has 0 bridgehead atoms. The standard InChI is InChI=1S/C24H23N7O/c25-24-26-20(11-10-17-5-3-7-18(15-17)22-9-4-14-32-22)12-13-31(24)16-19-6-1-2-8-21(19)23-27-29-30-28-23/h1-9,12,14-15H,10-11,13,16H2,(H2,25,26)(H,27,28,29,30). The van der Waals surface area contributed by atoms with Crippen LogP contribution in [0.1, 0.15) is 17.5 Å². The summed E-state index contributed by atoms with van der Waals surface area (Å²) in [5.41, 5.74) is 11.6. The predicted molar refractivity (Wildman–Crippen MR) is 122 cm³/mol. The van der Waals surface area contributed by atoms with E-state index in [1.54, 1.807) is 6.26 Å². The van der Waals surface area contributed by atoms with Crippen molar-refractivity contribution in [3.8, 4) is 22.7 Å². The number of aliphatic imine (C=N–C) groups is 1. The molecule has 0 saturated heterocycles. The van der Waals surface area contributed by atoms with E-state index >= 15 is 0 Å². The molecule has 3 heterocycles. The molecule has 2 aromatic heterocycles. The number of aryl methyl sites for hydroxylation is 1. The summed E-state index contributed by atoms with van der Waals surface area (Å²) in [6.07, 6.45) is 5.55. The lowest BCUT2D eigenvalue weighted by atomic mass is 10.0. The van der Waals surface area contributed by atoms with Gasteiger partial charge in [-0.15, -0.1) is 10.2 Å². The number of rotatable bonds is 7. The van der Waals surface area contributed by atoms with Crippen molar-refractivity contribution >= 4 is 5.96 Å². The second kappa shape index (κ2) is 8.89. The molecule has 0 fully saturated rings. The topological polar surface area (TPSA) is 109 Å². The quantitative estimate of drug-likeness (QED) is 0.466. The van der Waals surface area contributed by atoms with Crippen molar-refractivity contribution < 1.29 is 4.42 Å². The Bertz CT molecular complexity index is 1240. The van der Waals surface area contributed by atoms with Gasteiger partial charge < -0.3 is 15.1 Å². The zero-order chi connectivity index (χ0) is 21.8. The lowest BCUT2D eigenvalue weighted by Crippen LogP contribution is -2.39. The molecule has 5 rings (SSSR count). The van der Waals surface area contributed by atoms with Gasteiger partial charge in [0.25, 0.3) is 0 Å². The highest BCUT2D eigenvalue weighted by Gasteiger charge is 2.17. The maximum atomic E-state index is 6.32. The highest BCUT2D eigenvalue weighted by atomic mass is 16.3. The highest BCUT2D eigenvalue weighted by molar-refractivity contribution is 5.80. The number of tetrazole rings is 1. The number of guanidine groups is 1. The van der Waals surface area contributed by atoms with Crippen LogP contribution in [0.4, 0.5) is 0 Å². The lowest BCUT2D eigenvalue weighted by Gasteiger charge is -2.26. The van der Waals surface area contributed by atoms with Gasteiger partial charge in [-0.25, -0.2) is 4.99 Å². The van der Waals surface area contributed by atoms with Gasteiger partial charge in [-0.05, 0) is 53.5 Å². The molecule has 32 heavy (non-hydrogen) atoms. The number of nitrogens with zero attached hydrogens (tertiary/aromatic N) is 5. The zero-order valence-corrected chi connectivity index (χ0v) is 17.5. The van der Waals surface area contributed by atoms with E-state index < -0.39 is 0 Å². The summed E-state index contributed by atoms with van der Waals surface area (Å²) < 4.78 is 5.51. The Kier molecular flexibility index (Phi) is 5.48. The van der Waals surface area contributed by atoms with Crippen molar-refractivity contribution in [2.24, 2.45) is 10.7 Å². The van der Waals surface area contributed by atoms with Gasteiger partial charge >= 0.3 is 0 Å². The first-order valence-electron chi connectivity index (χ1n) is 10.5. The second-order valence-corrected chi connectivity index (χ2v) is 7.62. The van der Waals surface area contributed by atoms with Crippen LogP contribution in [-0.4, -0.2) is 38.0 Å².